The molecule has 1 aromatic rings. The van der Waals surface area contributed by atoms with E-state index in [9.17, 15) is 9.59 Å². The van der Waals surface area contributed by atoms with Crippen molar-refractivity contribution >= 4 is 27.7 Å². The first kappa shape index (κ1) is 15.0. The Hall–Kier alpha value is -1.36. The molecule has 1 aromatic carbocycles. The Bertz CT molecular complexity index is 485. The van der Waals surface area contributed by atoms with Crippen molar-refractivity contribution in [3.8, 4) is 0 Å². The molecule has 0 radical (unpaired) electrons. The standard InChI is InChI=1S/C15H19BrN2O2/c16-13-6-4-5-12(9-13)10-14(19)17-11-15(20)18-7-2-1-3-8-18/h4-6,9H,1-3,7-8,10-11H2,(H,17,19). The largest absolute Gasteiger partial charge is 0.347 e. The van der Waals surface area contributed by atoms with Crippen LogP contribution in [0, 0.1) is 0 Å². The third kappa shape index (κ3) is 4.63. The predicted molar refractivity (Wildman–Crippen MR) is 81.3 cm³/mol. The molecule has 2 amide bonds. The third-order valence-electron chi connectivity index (χ3n) is 3.40. The second kappa shape index (κ2) is 7.43. The number of nitrogens with one attached hydrogen (secondary N) is 1. The van der Waals surface area contributed by atoms with Gasteiger partial charge < -0.3 is 10.2 Å². The molecule has 0 aromatic heterocycles. The molecule has 1 saturated heterocycles. The van der Waals surface area contributed by atoms with Gasteiger partial charge in [-0.2, -0.15) is 0 Å². The van der Waals surface area contributed by atoms with Crippen LogP contribution >= 0.6 is 15.9 Å². The van der Waals surface area contributed by atoms with E-state index in [1.807, 2.05) is 29.2 Å². The number of nitrogens with zero attached hydrogens (tertiary/aromatic N) is 1. The maximum Gasteiger partial charge on any atom is 0.241 e. The number of carbonyl (C=O) groups is 2. The van der Waals surface area contributed by atoms with Crippen LogP contribution in [0.15, 0.2) is 28.7 Å². The zero-order valence-corrected chi connectivity index (χ0v) is 13.0. The number of piperidine rings is 1. The van der Waals surface area contributed by atoms with Crippen molar-refractivity contribution in [1.82, 2.24) is 10.2 Å². The number of hydrogen-bond donors (Lipinski definition) is 1. The van der Waals surface area contributed by atoms with Gasteiger partial charge >= 0.3 is 0 Å². The molecule has 0 saturated carbocycles. The second-order valence-corrected chi connectivity index (χ2v) is 5.94. The van der Waals surface area contributed by atoms with Crippen LogP contribution in [0.1, 0.15) is 24.8 Å². The second-order valence-electron chi connectivity index (χ2n) is 5.02. The summed E-state index contributed by atoms with van der Waals surface area (Å²) >= 11 is 3.37. The van der Waals surface area contributed by atoms with Gasteiger partial charge in [0.25, 0.3) is 0 Å². The van der Waals surface area contributed by atoms with Gasteiger partial charge in [0.2, 0.25) is 11.8 Å². The van der Waals surface area contributed by atoms with Crippen LogP contribution in [0.2, 0.25) is 0 Å². The number of rotatable bonds is 4. The number of likely N-dealkylation sites (tertiary alicyclic amines) is 1. The number of hydrogen-bond acceptors (Lipinski definition) is 2. The van der Waals surface area contributed by atoms with Crippen LogP contribution in [0.5, 0.6) is 0 Å². The van der Waals surface area contributed by atoms with Crippen molar-refractivity contribution in [3.63, 3.8) is 0 Å². The molecule has 0 bridgehead atoms. The lowest BCUT2D eigenvalue weighted by Crippen LogP contribution is -2.42. The summed E-state index contributed by atoms with van der Waals surface area (Å²) in [4.78, 5) is 25.6. The highest BCUT2D eigenvalue weighted by Crippen LogP contribution is 2.12. The van der Waals surface area contributed by atoms with Gasteiger partial charge in [0.05, 0.1) is 13.0 Å². The van der Waals surface area contributed by atoms with E-state index in [4.69, 9.17) is 0 Å². The maximum absolute atomic E-state index is 11.9. The Labute approximate surface area is 127 Å². The molecule has 0 aliphatic carbocycles. The molecule has 20 heavy (non-hydrogen) atoms. The van der Waals surface area contributed by atoms with Crippen molar-refractivity contribution in [1.29, 1.82) is 0 Å². The quantitative estimate of drug-likeness (QED) is 0.914. The number of benzene rings is 1. The summed E-state index contributed by atoms with van der Waals surface area (Å²) < 4.78 is 0.951. The van der Waals surface area contributed by atoms with E-state index in [1.165, 1.54) is 6.42 Å². The third-order valence-corrected chi connectivity index (χ3v) is 3.89. The minimum atomic E-state index is -0.117. The molecule has 2 rings (SSSR count). The molecule has 1 heterocycles. The fraction of sp³-hybridized carbons (Fsp3) is 0.467. The minimum Gasteiger partial charge on any atom is -0.347 e. The molecule has 1 aliphatic rings. The van der Waals surface area contributed by atoms with Crippen molar-refractivity contribution in [3.05, 3.63) is 34.3 Å². The van der Waals surface area contributed by atoms with Gasteiger partial charge in [0, 0.05) is 17.6 Å². The van der Waals surface area contributed by atoms with Crippen molar-refractivity contribution in [2.24, 2.45) is 0 Å². The molecule has 4 nitrogen and oxygen atoms in total. The Balaban J connectivity index is 1.75. The molecule has 108 valence electrons. The molecule has 0 spiro atoms. The first-order chi connectivity index (χ1) is 9.65. The van der Waals surface area contributed by atoms with Crippen LogP contribution in [-0.4, -0.2) is 36.3 Å². The Morgan fingerprint density at radius 2 is 1.95 bits per heavy atom. The molecule has 1 aliphatic heterocycles. The van der Waals surface area contributed by atoms with Gasteiger partial charge in [-0.15, -0.1) is 0 Å². The van der Waals surface area contributed by atoms with E-state index < -0.39 is 0 Å². The molecule has 0 unspecified atom stereocenters. The fourth-order valence-electron chi connectivity index (χ4n) is 2.32. The lowest BCUT2D eigenvalue weighted by Gasteiger charge is -2.26. The van der Waals surface area contributed by atoms with Crippen LogP contribution in [-0.2, 0) is 16.0 Å². The molecule has 1 N–H and O–H groups in total. The number of carbonyl (C=O) groups excluding carboxylic acids is 2. The van der Waals surface area contributed by atoms with E-state index in [2.05, 4.69) is 21.2 Å². The summed E-state index contributed by atoms with van der Waals surface area (Å²) in [7, 11) is 0. The molecular weight excluding hydrogens is 320 g/mol. The highest BCUT2D eigenvalue weighted by Gasteiger charge is 2.16. The van der Waals surface area contributed by atoms with E-state index in [1.54, 1.807) is 0 Å². The van der Waals surface area contributed by atoms with Crippen molar-refractivity contribution in [2.45, 2.75) is 25.7 Å². The van der Waals surface area contributed by atoms with Crippen molar-refractivity contribution in [2.75, 3.05) is 19.6 Å². The van der Waals surface area contributed by atoms with Crippen molar-refractivity contribution < 1.29 is 9.59 Å². The highest BCUT2D eigenvalue weighted by molar-refractivity contribution is 9.10. The summed E-state index contributed by atoms with van der Waals surface area (Å²) in [6.45, 7) is 1.74. The van der Waals surface area contributed by atoms with Crippen LogP contribution in [0.4, 0.5) is 0 Å². The summed E-state index contributed by atoms with van der Waals surface area (Å²) in [5.41, 5.74) is 0.933. The first-order valence-corrected chi connectivity index (χ1v) is 7.73. The Morgan fingerprint density at radius 1 is 1.20 bits per heavy atom. The van der Waals surface area contributed by atoms with E-state index in [0.717, 1.165) is 36.0 Å². The topological polar surface area (TPSA) is 49.4 Å². The summed E-state index contributed by atoms with van der Waals surface area (Å²) in [6, 6.07) is 7.62. The Morgan fingerprint density at radius 3 is 2.65 bits per heavy atom. The summed E-state index contributed by atoms with van der Waals surface area (Å²) in [5.74, 6) is -0.0965. The van der Waals surface area contributed by atoms with E-state index in [-0.39, 0.29) is 18.4 Å². The summed E-state index contributed by atoms with van der Waals surface area (Å²) in [5, 5.41) is 2.70. The number of halogens is 1. The minimum absolute atomic E-state index is 0.0206. The lowest BCUT2D eigenvalue weighted by atomic mass is 10.1. The zero-order valence-electron chi connectivity index (χ0n) is 11.4. The smallest absolute Gasteiger partial charge is 0.241 e. The maximum atomic E-state index is 11.9. The average Bonchev–Trinajstić information content (AvgIpc) is 2.46. The average molecular weight is 339 g/mol. The van der Waals surface area contributed by atoms with Gasteiger partial charge in [-0.1, -0.05) is 28.1 Å². The predicted octanol–water partition coefficient (Wildman–Crippen LogP) is 2.12. The van der Waals surface area contributed by atoms with Gasteiger partial charge in [-0.3, -0.25) is 9.59 Å². The SMILES string of the molecule is O=C(Cc1cccc(Br)c1)NCC(=O)N1CCCCC1. The molecule has 0 atom stereocenters. The van der Waals surface area contributed by atoms with Gasteiger partial charge in [-0.25, -0.2) is 0 Å². The van der Waals surface area contributed by atoms with Crippen LogP contribution in [0.3, 0.4) is 0 Å². The van der Waals surface area contributed by atoms with Gasteiger partial charge in [0.1, 0.15) is 0 Å². The molecule has 5 heteroatoms. The monoisotopic (exact) mass is 338 g/mol. The van der Waals surface area contributed by atoms with E-state index >= 15 is 0 Å². The van der Waals surface area contributed by atoms with E-state index in [0.29, 0.717) is 6.42 Å². The Kier molecular flexibility index (Phi) is 5.59. The van der Waals surface area contributed by atoms with Gasteiger partial charge in [-0.05, 0) is 37.0 Å². The van der Waals surface area contributed by atoms with Crippen LogP contribution < -0.4 is 5.32 Å². The highest BCUT2D eigenvalue weighted by atomic mass is 79.9. The van der Waals surface area contributed by atoms with Gasteiger partial charge in [0.15, 0.2) is 0 Å². The molecule has 1 fully saturated rings. The zero-order chi connectivity index (χ0) is 14.4. The van der Waals surface area contributed by atoms with Crippen LogP contribution in [0.25, 0.3) is 0 Å². The number of amides is 2. The fourth-order valence-corrected chi connectivity index (χ4v) is 2.77. The lowest BCUT2D eigenvalue weighted by molar-refractivity contribution is -0.133. The summed E-state index contributed by atoms with van der Waals surface area (Å²) in [6.07, 6.45) is 3.63. The normalized spacial score (nSPS) is 14.9. The molecular formula is C15H19BrN2O2. The first-order valence-electron chi connectivity index (χ1n) is 6.94.